The number of nitrogens with one attached hydrogen (secondary N) is 1. The van der Waals surface area contributed by atoms with Crippen molar-refractivity contribution in [3.63, 3.8) is 0 Å². The van der Waals surface area contributed by atoms with Gasteiger partial charge in [-0.05, 0) is 24.8 Å². The predicted octanol–water partition coefficient (Wildman–Crippen LogP) is 2.73. The summed E-state index contributed by atoms with van der Waals surface area (Å²) in [7, 11) is 0. The van der Waals surface area contributed by atoms with Crippen molar-refractivity contribution >= 4 is 5.95 Å². The molecule has 1 aromatic heterocycles. The summed E-state index contributed by atoms with van der Waals surface area (Å²) in [5.41, 5.74) is 1.39. The molecular weight excluding hydrogens is 279 g/mol. The molecule has 0 saturated carbocycles. The number of hydrogen-bond acceptors (Lipinski definition) is 4. The van der Waals surface area contributed by atoms with Crippen LogP contribution in [0, 0.1) is 5.82 Å². The standard InChI is InChI=1S/C17H21FN4/c18-15-12-19-17(20-13-15)21-16-7-10-22(11-8-16)9-6-14-4-2-1-3-5-14/h1-5,12-13,16H,6-11H2,(H,19,20,21). The molecule has 0 bridgehead atoms. The van der Waals surface area contributed by atoms with Gasteiger partial charge in [0.25, 0.3) is 0 Å². The monoisotopic (exact) mass is 300 g/mol. The number of benzene rings is 1. The molecule has 0 amide bonds. The Morgan fingerprint density at radius 1 is 1.09 bits per heavy atom. The fourth-order valence-corrected chi connectivity index (χ4v) is 2.80. The van der Waals surface area contributed by atoms with Crippen LogP contribution in [0.25, 0.3) is 0 Å². The highest BCUT2D eigenvalue weighted by molar-refractivity contribution is 5.24. The van der Waals surface area contributed by atoms with Crippen LogP contribution < -0.4 is 5.32 Å². The molecule has 1 saturated heterocycles. The second-order valence-corrected chi connectivity index (χ2v) is 5.72. The quantitative estimate of drug-likeness (QED) is 0.922. The molecule has 0 unspecified atom stereocenters. The Kier molecular flexibility index (Phi) is 4.96. The van der Waals surface area contributed by atoms with Gasteiger partial charge >= 0.3 is 0 Å². The predicted molar refractivity (Wildman–Crippen MR) is 85.2 cm³/mol. The van der Waals surface area contributed by atoms with E-state index in [2.05, 4.69) is 50.5 Å². The van der Waals surface area contributed by atoms with Crippen molar-refractivity contribution in [2.45, 2.75) is 25.3 Å². The molecule has 0 aliphatic carbocycles. The van der Waals surface area contributed by atoms with E-state index < -0.39 is 5.82 Å². The molecule has 1 aromatic carbocycles. The molecule has 2 aromatic rings. The number of likely N-dealkylation sites (tertiary alicyclic amines) is 1. The van der Waals surface area contributed by atoms with E-state index in [1.54, 1.807) is 0 Å². The van der Waals surface area contributed by atoms with Gasteiger partial charge in [-0.15, -0.1) is 0 Å². The summed E-state index contributed by atoms with van der Waals surface area (Å²) in [6, 6.07) is 11.0. The third-order valence-electron chi connectivity index (χ3n) is 4.10. The van der Waals surface area contributed by atoms with Crippen LogP contribution in [0.2, 0.25) is 0 Å². The summed E-state index contributed by atoms with van der Waals surface area (Å²) in [5.74, 6) is 0.116. The van der Waals surface area contributed by atoms with Crippen LogP contribution in [-0.4, -0.2) is 40.5 Å². The molecule has 116 valence electrons. The van der Waals surface area contributed by atoms with E-state index in [1.807, 2.05) is 0 Å². The van der Waals surface area contributed by atoms with Crippen molar-refractivity contribution in [1.82, 2.24) is 14.9 Å². The molecule has 4 nitrogen and oxygen atoms in total. The fraction of sp³-hybridized carbons (Fsp3) is 0.412. The average Bonchev–Trinajstić information content (AvgIpc) is 2.57. The third kappa shape index (κ3) is 4.24. The minimum absolute atomic E-state index is 0.374. The first-order chi connectivity index (χ1) is 10.8. The van der Waals surface area contributed by atoms with E-state index in [0.717, 1.165) is 38.9 Å². The molecule has 22 heavy (non-hydrogen) atoms. The van der Waals surface area contributed by atoms with Crippen LogP contribution in [0.3, 0.4) is 0 Å². The van der Waals surface area contributed by atoms with Crippen molar-refractivity contribution in [2.75, 3.05) is 25.0 Å². The molecule has 1 aliphatic heterocycles. The van der Waals surface area contributed by atoms with Gasteiger partial charge in [0.05, 0.1) is 12.4 Å². The van der Waals surface area contributed by atoms with Crippen LogP contribution in [0.1, 0.15) is 18.4 Å². The summed E-state index contributed by atoms with van der Waals surface area (Å²) < 4.78 is 12.8. The number of nitrogens with zero attached hydrogens (tertiary/aromatic N) is 3. The van der Waals surface area contributed by atoms with Gasteiger partial charge in [-0.3, -0.25) is 0 Å². The Balaban J connectivity index is 1.41. The smallest absolute Gasteiger partial charge is 0.222 e. The summed E-state index contributed by atoms with van der Waals surface area (Å²) >= 11 is 0. The van der Waals surface area contributed by atoms with Gasteiger partial charge in [0.2, 0.25) is 5.95 Å². The molecular formula is C17H21FN4. The first kappa shape index (κ1) is 14.9. The Morgan fingerprint density at radius 3 is 2.45 bits per heavy atom. The highest BCUT2D eigenvalue weighted by atomic mass is 19.1. The van der Waals surface area contributed by atoms with Gasteiger partial charge in [0, 0.05) is 25.7 Å². The highest BCUT2D eigenvalue weighted by Gasteiger charge is 2.19. The zero-order chi connectivity index (χ0) is 15.2. The Labute approximate surface area is 130 Å². The minimum atomic E-state index is -0.402. The van der Waals surface area contributed by atoms with Gasteiger partial charge in [-0.25, -0.2) is 14.4 Å². The summed E-state index contributed by atoms with van der Waals surface area (Å²) in [6.07, 6.45) is 5.62. The van der Waals surface area contributed by atoms with Gasteiger partial charge in [0.15, 0.2) is 5.82 Å². The molecule has 1 fully saturated rings. The molecule has 1 aliphatic rings. The van der Waals surface area contributed by atoms with Gasteiger partial charge < -0.3 is 10.2 Å². The lowest BCUT2D eigenvalue weighted by Gasteiger charge is -2.32. The van der Waals surface area contributed by atoms with Crippen molar-refractivity contribution in [1.29, 1.82) is 0 Å². The lowest BCUT2D eigenvalue weighted by molar-refractivity contribution is 0.221. The van der Waals surface area contributed by atoms with Gasteiger partial charge in [-0.2, -0.15) is 0 Å². The Hall–Kier alpha value is -2.01. The van der Waals surface area contributed by atoms with Crippen LogP contribution in [-0.2, 0) is 6.42 Å². The second kappa shape index (κ2) is 7.31. The summed E-state index contributed by atoms with van der Waals surface area (Å²) in [6.45, 7) is 3.25. The first-order valence-corrected chi connectivity index (χ1v) is 7.80. The van der Waals surface area contributed by atoms with Crippen LogP contribution in [0.4, 0.5) is 10.3 Å². The maximum absolute atomic E-state index is 12.8. The first-order valence-electron chi connectivity index (χ1n) is 7.80. The normalized spacial score (nSPS) is 16.6. The van der Waals surface area contributed by atoms with E-state index in [0.29, 0.717) is 12.0 Å². The fourth-order valence-electron chi connectivity index (χ4n) is 2.80. The molecule has 0 radical (unpaired) electrons. The number of halogens is 1. The molecule has 0 spiro atoms. The van der Waals surface area contributed by atoms with E-state index in [1.165, 1.54) is 18.0 Å². The van der Waals surface area contributed by atoms with Crippen LogP contribution >= 0.6 is 0 Å². The Morgan fingerprint density at radius 2 is 1.77 bits per heavy atom. The summed E-state index contributed by atoms with van der Waals surface area (Å²) in [5, 5.41) is 3.29. The van der Waals surface area contributed by atoms with Crippen LogP contribution in [0.15, 0.2) is 42.7 Å². The van der Waals surface area contributed by atoms with E-state index >= 15 is 0 Å². The zero-order valence-electron chi connectivity index (χ0n) is 12.6. The van der Waals surface area contributed by atoms with Gasteiger partial charge in [0.1, 0.15) is 0 Å². The SMILES string of the molecule is Fc1cnc(NC2CCN(CCc3ccccc3)CC2)nc1. The molecule has 2 heterocycles. The van der Waals surface area contributed by atoms with E-state index in [4.69, 9.17) is 0 Å². The zero-order valence-corrected chi connectivity index (χ0v) is 12.6. The maximum atomic E-state index is 12.8. The number of piperidine rings is 1. The molecule has 5 heteroatoms. The van der Waals surface area contributed by atoms with Crippen molar-refractivity contribution in [2.24, 2.45) is 0 Å². The third-order valence-corrected chi connectivity index (χ3v) is 4.10. The largest absolute Gasteiger partial charge is 0.351 e. The average molecular weight is 300 g/mol. The van der Waals surface area contributed by atoms with E-state index in [-0.39, 0.29) is 0 Å². The molecule has 0 atom stereocenters. The van der Waals surface area contributed by atoms with E-state index in [9.17, 15) is 4.39 Å². The number of rotatable bonds is 5. The topological polar surface area (TPSA) is 41.1 Å². The molecule has 1 N–H and O–H groups in total. The second-order valence-electron chi connectivity index (χ2n) is 5.72. The van der Waals surface area contributed by atoms with Crippen molar-refractivity contribution in [3.8, 4) is 0 Å². The number of aromatic nitrogens is 2. The van der Waals surface area contributed by atoms with Crippen molar-refractivity contribution < 1.29 is 4.39 Å². The maximum Gasteiger partial charge on any atom is 0.222 e. The number of anilines is 1. The van der Waals surface area contributed by atoms with Gasteiger partial charge in [-0.1, -0.05) is 30.3 Å². The highest BCUT2D eigenvalue weighted by Crippen LogP contribution is 2.14. The minimum Gasteiger partial charge on any atom is -0.351 e. The lowest BCUT2D eigenvalue weighted by atomic mass is 10.0. The lowest BCUT2D eigenvalue weighted by Crippen LogP contribution is -2.40. The summed E-state index contributed by atoms with van der Waals surface area (Å²) in [4.78, 5) is 10.4. The van der Waals surface area contributed by atoms with Crippen LogP contribution in [0.5, 0.6) is 0 Å². The Bertz CT molecular complexity index is 565. The number of hydrogen-bond donors (Lipinski definition) is 1. The van der Waals surface area contributed by atoms with Crippen molar-refractivity contribution in [3.05, 3.63) is 54.1 Å². The molecule has 3 rings (SSSR count).